The summed E-state index contributed by atoms with van der Waals surface area (Å²) in [4.78, 5) is 18.4. The lowest BCUT2D eigenvalue weighted by Gasteiger charge is -2.38. The number of rotatable bonds is 4. The average Bonchev–Trinajstić information content (AvgIpc) is 2.69. The van der Waals surface area contributed by atoms with Gasteiger partial charge in [-0.05, 0) is 54.8 Å². The molecule has 0 amide bonds. The Labute approximate surface area is 167 Å². The van der Waals surface area contributed by atoms with E-state index >= 15 is 0 Å². The zero-order valence-electron chi connectivity index (χ0n) is 14.9. The Morgan fingerprint density at radius 2 is 2.04 bits per heavy atom. The van der Waals surface area contributed by atoms with E-state index in [1.165, 1.54) is 5.56 Å². The van der Waals surface area contributed by atoms with Crippen molar-refractivity contribution in [1.29, 1.82) is 0 Å². The first kappa shape index (κ1) is 18.1. The number of para-hydroxylation sites is 1. The molecule has 1 aliphatic heterocycles. The van der Waals surface area contributed by atoms with Crippen molar-refractivity contribution in [1.82, 2.24) is 9.88 Å². The lowest BCUT2D eigenvalue weighted by atomic mass is 9.90. The van der Waals surface area contributed by atoms with Gasteiger partial charge in [0.2, 0.25) is 0 Å². The van der Waals surface area contributed by atoms with Crippen molar-refractivity contribution in [2.45, 2.75) is 18.9 Å². The zero-order valence-corrected chi connectivity index (χ0v) is 16.5. The Kier molecular flexibility index (Phi) is 5.23. The molecule has 1 saturated heterocycles. The highest BCUT2D eigenvalue weighted by atomic mass is 79.9. The molecule has 1 fully saturated rings. The molecule has 2 atom stereocenters. The summed E-state index contributed by atoms with van der Waals surface area (Å²) in [6.45, 7) is 1.45. The minimum atomic E-state index is -0.702. The third-order valence-corrected chi connectivity index (χ3v) is 5.80. The number of carboxylic acids is 1. The summed E-state index contributed by atoms with van der Waals surface area (Å²) in [5, 5.41) is 10.7. The van der Waals surface area contributed by atoms with Crippen LogP contribution in [0.5, 0.6) is 0 Å². The number of benzene rings is 2. The van der Waals surface area contributed by atoms with Crippen LogP contribution in [-0.2, 0) is 4.79 Å². The maximum absolute atomic E-state index is 11.6. The SMILES string of the molecule is O=C(O)C1CCCN(C(c2cccc(Br)c2)c2ccnc3ccccc23)C1. The Balaban J connectivity index is 1.84. The molecule has 4 nitrogen and oxygen atoms in total. The highest BCUT2D eigenvalue weighted by molar-refractivity contribution is 9.10. The van der Waals surface area contributed by atoms with Crippen molar-refractivity contribution in [3.05, 3.63) is 76.4 Å². The van der Waals surface area contributed by atoms with Crippen LogP contribution in [0.3, 0.4) is 0 Å². The number of halogens is 1. The monoisotopic (exact) mass is 424 g/mol. The normalized spacial score (nSPS) is 19.1. The second kappa shape index (κ2) is 7.79. The summed E-state index contributed by atoms with van der Waals surface area (Å²) in [6, 6.07) is 18.5. The van der Waals surface area contributed by atoms with Gasteiger partial charge in [-0.1, -0.05) is 46.3 Å². The average molecular weight is 425 g/mol. The molecule has 2 unspecified atom stereocenters. The molecule has 0 radical (unpaired) electrons. The Hall–Kier alpha value is -2.24. The van der Waals surface area contributed by atoms with Gasteiger partial charge in [-0.25, -0.2) is 0 Å². The number of pyridine rings is 1. The molecule has 3 aromatic rings. The summed E-state index contributed by atoms with van der Waals surface area (Å²) in [5.74, 6) is -1.02. The van der Waals surface area contributed by atoms with Crippen molar-refractivity contribution < 1.29 is 9.90 Å². The smallest absolute Gasteiger partial charge is 0.307 e. The molecule has 1 aliphatic rings. The molecular formula is C22H21BrN2O2. The summed E-state index contributed by atoms with van der Waals surface area (Å²) >= 11 is 3.59. The number of fused-ring (bicyclic) bond motifs is 1. The first-order valence-electron chi connectivity index (χ1n) is 9.19. The summed E-state index contributed by atoms with van der Waals surface area (Å²) < 4.78 is 1.02. The highest BCUT2D eigenvalue weighted by Crippen LogP contribution is 2.36. The summed E-state index contributed by atoms with van der Waals surface area (Å²) in [7, 11) is 0. The predicted octanol–water partition coefficient (Wildman–Crippen LogP) is 4.88. The molecule has 1 aromatic heterocycles. The van der Waals surface area contributed by atoms with Gasteiger partial charge in [0, 0.05) is 22.6 Å². The van der Waals surface area contributed by atoms with Gasteiger partial charge in [-0.15, -0.1) is 0 Å². The molecule has 0 spiro atoms. The van der Waals surface area contributed by atoms with Crippen molar-refractivity contribution >= 4 is 32.8 Å². The molecule has 2 heterocycles. The topological polar surface area (TPSA) is 53.4 Å². The van der Waals surface area contributed by atoms with Crippen molar-refractivity contribution in [3.63, 3.8) is 0 Å². The van der Waals surface area contributed by atoms with Crippen LogP contribution in [-0.4, -0.2) is 34.0 Å². The fraction of sp³-hybridized carbons (Fsp3) is 0.273. The number of aliphatic carboxylic acids is 1. The molecule has 1 N–H and O–H groups in total. The number of aromatic nitrogens is 1. The van der Waals surface area contributed by atoms with Gasteiger partial charge in [0.15, 0.2) is 0 Å². The summed E-state index contributed by atoms with van der Waals surface area (Å²) in [5.41, 5.74) is 3.29. The van der Waals surface area contributed by atoms with Crippen LogP contribution in [0, 0.1) is 5.92 Å². The first-order chi connectivity index (χ1) is 13.1. The van der Waals surface area contributed by atoms with Crippen molar-refractivity contribution in [2.24, 2.45) is 5.92 Å². The first-order valence-corrected chi connectivity index (χ1v) is 9.99. The third kappa shape index (κ3) is 3.75. The number of likely N-dealkylation sites (tertiary alicyclic amines) is 1. The minimum absolute atomic E-state index is 0.00227. The van der Waals surface area contributed by atoms with E-state index in [-0.39, 0.29) is 12.0 Å². The molecular weight excluding hydrogens is 404 g/mol. The van der Waals surface area contributed by atoms with E-state index < -0.39 is 5.97 Å². The van der Waals surface area contributed by atoms with Gasteiger partial charge in [0.1, 0.15) is 0 Å². The second-order valence-electron chi connectivity index (χ2n) is 7.05. The van der Waals surface area contributed by atoms with Gasteiger partial charge in [0.25, 0.3) is 0 Å². The van der Waals surface area contributed by atoms with Crippen LogP contribution < -0.4 is 0 Å². The number of carbonyl (C=O) groups is 1. The van der Waals surface area contributed by atoms with Crippen LogP contribution >= 0.6 is 15.9 Å². The number of hydrogen-bond acceptors (Lipinski definition) is 3. The lowest BCUT2D eigenvalue weighted by molar-refractivity contribution is -0.143. The fourth-order valence-electron chi connectivity index (χ4n) is 4.06. The lowest BCUT2D eigenvalue weighted by Crippen LogP contribution is -2.41. The second-order valence-corrected chi connectivity index (χ2v) is 7.96. The highest BCUT2D eigenvalue weighted by Gasteiger charge is 2.32. The largest absolute Gasteiger partial charge is 0.481 e. The van der Waals surface area contributed by atoms with E-state index in [0.29, 0.717) is 6.54 Å². The third-order valence-electron chi connectivity index (χ3n) is 5.31. The van der Waals surface area contributed by atoms with Crippen LogP contribution in [0.2, 0.25) is 0 Å². The molecule has 4 rings (SSSR count). The summed E-state index contributed by atoms with van der Waals surface area (Å²) in [6.07, 6.45) is 3.49. The van der Waals surface area contributed by atoms with E-state index in [4.69, 9.17) is 0 Å². The molecule has 5 heteroatoms. The van der Waals surface area contributed by atoms with E-state index in [1.54, 1.807) is 0 Å². The van der Waals surface area contributed by atoms with Gasteiger partial charge in [-0.3, -0.25) is 14.7 Å². The van der Waals surface area contributed by atoms with E-state index in [2.05, 4.69) is 50.1 Å². The van der Waals surface area contributed by atoms with E-state index in [0.717, 1.165) is 40.3 Å². The molecule has 138 valence electrons. The van der Waals surface area contributed by atoms with E-state index in [9.17, 15) is 9.90 Å². The predicted molar refractivity (Wildman–Crippen MR) is 110 cm³/mol. The quantitative estimate of drug-likeness (QED) is 0.647. The molecule has 2 aromatic carbocycles. The van der Waals surface area contributed by atoms with E-state index in [1.807, 2.05) is 36.5 Å². The number of piperidine rings is 1. The Morgan fingerprint density at radius 3 is 2.85 bits per heavy atom. The molecule has 0 bridgehead atoms. The van der Waals surface area contributed by atoms with Crippen LogP contribution in [0.4, 0.5) is 0 Å². The number of hydrogen-bond donors (Lipinski definition) is 1. The molecule has 27 heavy (non-hydrogen) atoms. The minimum Gasteiger partial charge on any atom is -0.481 e. The standard InChI is InChI=1S/C22H21BrN2O2/c23-17-7-3-5-15(13-17)21(25-12-4-6-16(14-25)22(26)27)19-10-11-24-20-9-2-1-8-18(19)20/h1-3,5,7-11,13,16,21H,4,6,12,14H2,(H,26,27). The number of nitrogens with zero attached hydrogens (tertiary/aromatic N) is 2. The van der Waals surface area contributed by atoms with Crippen LogP contribution in [0.25, 0.3) is 10.9 Å². The maximum atomic E-state index is 11.6. The van der Waals surface area contributed by atoms with Gasteiger partial charge >= 0.3 is 5.97 Å². The zero-order chi connectivity index (χ0) is 18.8. The fourth-order valence-corrected chi connectivity index (χ4v) is 4.48. The Morgan fingerprint density at radius 1 is 1.19 bits per heavy atom. The van der Waals surface area contributed by atoms with Crippen molar-refractivity contribution in [3.8, 4) is 0 Å². The van der Waals surface area contributed by atoms with Gasteiger partial charge in [-0.2, -0.15) is 0 Å². The van der Waals surface area contributed by atoms with Gasteiger partial charge < -0.3 is 5.11 Å². The van der Waals surface area contributed by atoms with Crippen molar-refractivity contribution in [2.75, 3.05) is 13.1 Å². The van der Waals surface area contributed by atoms with Crippen LogP contribution in [0.1, 0.15) is 30.0 Å². The number of carboxylic acid groups (broad SMARTS) is 1. The van der Waals surface area contributed by atoms with Crippen LogP contribution in [0.15, 0.2) is 65.3 Å². The molecule has 0 aliphatic carbocycles. The van der Waals surface area contributed by atoms with Gasteiger partial charge in [0.05, 0.1) is 17.5 Å². The Bertz CT molecular complexity index is 970. The maximum Gasteiger partial charge on any atom is 0.307 e. The molecule has 0 saturated carbocycles.